The number of nitrogens with two attached hydrogens (primary N) is 1. The second-order valence-electron chi connectivity index (χ2n) is 4.33. The summed E-state index contributed by atoms with van der Waals surface area (Å²) in [7, 11) is 0. The largest absolute Gasteiger partial charge is 0.331 e. The van der Waals surface area contributed by atoms with Crippen molar-refractivity contribution in [3.63, 3.8) is 0 Å². The van der Waals surface area contributed by atoms with Crippen LogP contribution in [0.2, 0.25) is 0 Å². The van der Waals surface area contributed by atoms with Crippen molar-refractivity contribution in [3.8, 4) is 0 Å². The first-order valence-electron chi connectivity index (χ1n) is 5.52. The highest BCUT2D eigenvalue weighted by Gasteiger charge is 2.20. The van der Waals surface area contributed by atoms with Gasteiger partial charge in [-0.3, -0.25) is 0 Å². The van der Waals surface area contributed by atoms with Crippen molar-refractivity contribution < 1.29 is 0 Å². The highest BCUT2D eigenvalue weighted by molar-refractivity contribution is 5.22. The molecule has 0 aliphatic carbocycles. The zero-order valence-electron chi connectivity index (χ0n) is 9.08. The van der Waals surface area contributed by atoms with E-state index in [9.17, 15) is 0 Å². The molecule has 1 aromatic heterocycles. The fourth-order valence-electron chi connectivity index (χ4n) is 2.27. The van der Waals surface area contributed by atoms with Gasteiger partial charge in [-0.2, -0.15) is 0 Å². The molecule has 0 saturated carbocycles. The standard InChI is InChI=1S/C11H19N3/c1-8(2)11-9-5-3-4-6-14(9)10(7-12)13-11/h8H,3-7,12H2,1-2H3. The fraction of sp³-hybridized carbons (Fsp3) is 0.727. The van der Waals surface area contributed by atoms with Gasteiger partial charge in [-0.15, -0.1) is 0 Å². The summed E-state index contributed by atoms with van der Waals surface area (Å²) in [4.78, 5) is 4.65. The highest BCUT2D eigenvalue weighted by atomic mass is 15.1. The van der Waals surface area contributed by atoms with Crippen LogP contribution in [0.15, 0.2) is 0 Å². The van der Waals surface area contributed by atoms with Gasteiger partial charge in [0, 0.05) is 12.2 Å². The maximum atomic E-state index is 5.70. The van der Waals surface area contributed by atoms with Crippen molar-refractivity contribution >= 4 is 0 Å². The Bertz CT molecular complexity index is 326. The summed E-state index contributed by atoms with van der Waals surface area (Å²) in [5.41, 5.74) is 8.41. The van der Waals surface area contributed by atoms with E-state index in [1.165, 1.54) is 30.7 Å². The Balaban J connectivity index is 2.46. The molecule has 0 amide bonds. The van der Waals surface area contributed by atoms with Gasteiger partial charge in [-0.25, -0.2) is 4.98 Å². The molecule has 14 heavy (non-hydrogen) atoms. The molecular weight excluding hydrogens is 174 g/mol. The first-order valence-corrected chi connectivity index (χ1v) is 5.52. The predicted molar refractivity (Wildman–Crippen MR) is 57.1 cm³/mol. The molecule has 0 bridgehead atoms. The van der Waals surface area contributed by atoms with Gasteiger partial charge in [-0.05, 0) is 25.2 Å². The first kappa shape index (κ1) is 9.71. The average Bonchev–Trinajstić information content (AvgIpc) is 2.56. The lowest BCUT2D eigenvalue weighted by atomic mass is 10.0. The number of fused-ring (bicyclic) bond motifs is 1. The summed E-state index contributed by atoms with van der Waals surface area (Å²) in [5.74, 6) is 1.60. The van der Waals surface area contributed by atoms with Gasteiger partial charge in [-0.1, -0.05) is 13.8 Å². The van der Waals surface area contributed by atoms with Crippen molar-refractivity contribution in [2.24, 2.45) is 5.73 Å². The third-order valence-electron chi connectivity index (χ3n) is 2.96. The second-order valence-corrected chi connectivity index (χ2v) is 4.33. The van der Waals surface area contributed by atoms with Crippen molar-refractivity contribution in [1.29, 1.82) is 0 Å². The van der Waals surface area contributed by atoms with E-state index in [0.29, 0.717) is 12.5 Å². The van der Waals surface area contributed by atoms with E-state index in [0.717, 1.165) is 12.4 Å². The number of imidazole rings is 1. The molecule has 1 aromatic rings. The quantitative estimate of drug-likeness (QED) is 0.778. The zero-order chi connectivity index (χ0) is 10.1. The summed E-state index contributed by atoms with van der Waals surface area (Å²) in [6, 6.07) is 0. The summed E-state index contributed by atoms with van der Waals surface area (Å²) in [6.45, 7) is 6.09. The Morgan fingerprint density at radius 1 is 1.43 bits per heavy atom. The van der Waals surface area contributed by atoms with Crippen molar-refractivity contribution in [2.75, 3.05) is 0 Å². The molecule has 2 rings (SSSR count). The minimum absolute atomic E-state index is 0.523. The summed E-state index contributed by atoms with van der Waals surface area (Å²) in [6.07, 6.45) is 3.75. The lowest BCUT2D eigenvalue weighted by Gasteiger charge is -2.17. The molecule has 1 aliphatic heterocycles. The van der Waals surface area contributed by atoms with Gasteiger partial charge in [0.1, 0.15) is 5.82 Å². The molecule has 0 unspecified atom stereocenters. The Morgan fingerprint density at radius 3 is 2.86 bits per heavy atom. The van der Waals surface area contributed by atoms with Crippen LogP contribution in [0.1, 0.15) is 49.8 Å². The normalized spacial score (nSPS) is 16.0. The Labute approximate surface area is 85.3 Å². The van der Waals surface area contributed by atoms with Crippen LogP contribution in [0.25, 0.3) is 0 Å². The third kappa shape index (κ3) is 1.46. The van der Waals surface area contributed by atoms with Crippen LogP contribution >= 0.6 is 0 Å². The maximum Gasteiger partial charge on any atom is 0.123 e. The number of hydrogen-bond acceptors (Lipinski definition) is 2. The molecule has 3 nitrogen and oxygen atoms in total. The van der Waals surface area contributed by atoms with Crippen LogP contribution in [-0.2, 0) is 19.5 Å². The monoisotopic (exact) mass is 193 g/mol. The van der Waals surface area contributed by atoms with E-state index >= 15 is 0 Å². The molecule has 0 atom stereocenters. The van der Waals surface area contributed by atoms with E-state index in [4.69, 9.17) is 5.73 Å². The van der Waals surface area contributed by atoms with Crippen LogP contribution < -0.4 is 5.73 Å². The van der Waals surface area contributed by atoms with Crippen LogP contribution in [-0.4, -0.2) is 9.55 Å². The number of nitrogens with zero attached hydrogens (tertiary/aromatic N) is 2. The van der Waals surface area contributed by atoms with E-state index in [1.54, 1.807) is 0 Å². The second kappa shape index (κ2) is 3.73. The summed E-state index contributed by atoms with van der Waals surface area (Å²) < 4.78 is 2.33. The molecule has 3 heteroatoms. The highest BCUT2D eigenvalue weighted by Crippen LogP contribution is 2.25. The van der Waals surface area contributed by atoms with Gasteiger partial charge >= 0.3 is 0 Å². The predicted octanol–water partition coefficient (Wildman–Crippen LogP) is 1.80. The first-order chi connectivity index (χ1) is 6.74. The third-order valence-corrected chi connectivity index (χ3v) is 2.96. The molecule has 0 fully saturated rings. The molecule has 1 aliphatic rings. The Kier molecular flexibility index (Phi) is 2.59. The van der Waals surface area contributed by atoms with Gasteiger partial charge in [0.25, 0.3) is 0 Å². The zero-order valence-corrected chi connectivity index (χ0v) is 9.08. The number of hydrogen-bond donors (Lipinski definition) is 1. The van der Waals surface area contributed by atoms with Gasteiger partial charge in [0.2, 0.25) is 0 Å². The molecule has 2 N–H and O–H groups in total. The smallest absolute Gasteiger partial charge is 0.123 e. The maximum absolute atomic E-state index is 5.70. The van der Waals surface area contributed by atoms with E-state index in [-0.39, 0.29) is 0 Å². The van der Waals surface area contributed by atoms with Gasteiger partial charge < -0.3 is 10.3 Å². The van der Waals surface area contributed by atoms with Crippen LogP contribution in [0, 0.1) is 0 Å². The van der Waals surface area contributed by atoms with Crippen molar-refractivity contribution in [1.82, 2.24) is 9.55 Å². The number of rotatable bonds is 2. The molecule has 0 radical (unpaired) electrons. The van der Waals surface area contributed by atoms with Crippen LogP contribution in [0.3, 0.4) is 0 Å². The molecule has 0 saturated heterocycles. The fourth-order valence-corrected chi connectivity index (χ4v) is 2.27. The number of aromatic nitrogens is 2. The summed E-state index contributed by atoms with van der Waals surface area (Å²) in [5, 5.41) is 0. The topological polar surface area (TPSA) is 43.8 Å². The van der Waals surface area contributed by atoms with Gasteiger partial charge in [0.05, 0.1) is 12.2 Å². The molecule has 2 heterocycles. The van der Waals surface area contributed by atoms with E-state index < -0.39 is 0 Å². The minimum atomic E-state index is 0.523. The van der Waals surface area contributed by atoms with Crippen molar-refractivity contribution in [3.05, 3.63) is 17.2 Å². The van der Waals surface area contributed by atoms with E-state index in [1.807, 2.05) is 0 Å². The Morgan fingerprint density at radius 2 is 2.21 bits per heavy atom. The molecule has 0 spiro atoms. The van der Waals surface area contributed by atoms with Crippen LogP contribution in [0.4, 0.5) is 0 Å². The molecule has 0 aromatic carbocycles. The lowest BCUT2D eigenvalue weighted by Crippen LogP contribution is -2.15. The lowest BCUT2D eigenvalue weighted by molar-refractivity contribution is 0.511. The average molecular weight is 193 g/mol. The SMILES string of the molecule is CC(C)c1nc(CN)n2c1CCCC2. The van der Waals surface area contributed by atoms with Gasteiger partial charge in [0.15, 0.2) is 0 Å². The Hall–Kier alpha value is -0.830. The molecule has 78 valence electrons. The minimum Gasteiger partial charge on any atom is -0.331 e. The van der Waals surface area contributed by atoms with Crippen molar-refractivity contribution in [2.45, 2.75) is 52.1 Å². The summed E-state index contributed by atoms with van der Waals surface area (Å²) >= 11 is 0. The van der Waals surface area contributed by atoms with Crippen LogP contribution in [0.5, 0.6) is 0 Å². The molecular formula is C11H19N3. The van der Waals surface area contributed by atoms with E-state index in [2.05, 4.69) is 23.4 Å².